The summed E-state index contributed by atoms with van der Waals surface area (Å²) >= 11 is 0. The average molecular weight is 778 g/mol. The monoisotopic (exact) mass is 777 g/mol. The van der Waals surface area contributed by atoms with E-state index in [1.807, 2.05) is 118 Å². The number of aliphatic hydroxyl groups is 1. The molecule has 7 aromatic heterocycles. The van der Waals surface area contributed by atoms with Crippen molar-refractivity contribution in [3.8, 4) is 33.9 Å². The number of nitrogens with zero attached hydrogens (tertiary/aromatic N) is 7. The maximum absolute atomic E-state index is 13.9. The summed E-state index contributed by atoms with van der Waals surface area (Å²) < 4.78 is 0. The van der Waals surface area contributed by atoms with Gasteiger partial charge in [-0.2, -0.15) is 10.2 Å². The molecule has 14 nitrogen and oxygen atoms in total. The molecule has 0 spiro atoms. The van der Waals surface area contributed by atoms with E-state index in [9.17, 15) is 14.7 Å². The van der Waals surface area contributed by atoms with E-state index in [4.69, 9.17) is 15.0 Å². The van der Waals surface area contributed by atoms with Gasteiger partial charge >= 0.3 is 0 Å². The van der Waals surface area contributed by atoms with Gasteiger partial charge in [0.25, 0.3) is 0 Å². The van der Waals surface area contributed by atoms with E-state index < -0.39 is 11.8 Å². The molecule has 0 saturated carbocycles. The van der Waals surface area contributed by atoms with Gasteiger partial charge in [0, 0.05) is 39.5 Å². The Morgan fingerprint density at radius 3 is 1.93 bits per heavy atom. The molecule has 0 radical (unpaired) electrons. The second kappa shape index (κ2) is 14.0. The molecule has 14 heteroatoms. The first-order chi connectivity index (χ1) is 28.7. The number of hydrogen-bond acceptors (Lipinski definition) is 10. The minimum absolute atomic E-state index is 0.173. The van der Waals surface area contributed by atoms with Crippen LogP contribution in [-0.2, 0) is 0 Å². The van der Waals surface area contributed by atoms with Crippen LogP contribution in [-0.4, -0.2) is 78.6 Å². The lowest BCUT2D eigenvalue weighted by Gasteiger charge is -2.11. The molecule has 0 aliphatic rings. The summed E-state index contributed by atoms with van der Waals surface area (Å²) in [5.74, 6) is -1.41. The number of carbonyl (C=O) groups is 2. The Kier molecular flexibility index (Phi) is 8.49. The number of aromatic amines is 4. The van der Waals surface area contributed by atoms with Crippen molar-refractivity contribution in [2.45, 2.75) is 32.6 Å². The van der Waals surface area contributed by atoms with Crippen LogP contribution in [0.15, 0.2) is 103 Å². The third kappa shape index (κ3) is 6.31. The summed E-state index contributed by atoms with van der Waals surface area (Å²) in [6.07, 6.45) is 1.76. The van der Waals surface area contributed by atoms with Crippen molar-refractivity contribution < 1.29 is 14.7 Å². The number of aliphatic hydroxyl groups excluding tert-OH is 1. The van der Waals surface area contributed by atoms with Crippen molar-refractivity contribution >= 4 is 55.4 Å². The van der Waals surface area contributed by atoms with Gasteiger partial charge in [0.05, 0.1) is 68.6 Å². The molecule has 10 aromatic rings. The molecule has 0 aliphatic heterocycles. The number of carbonyl (C=O) groups excluding carboxylic acids is 2. The Hall–Kier alpha value is -7.71. The number of imidazole rings is 2. The molecule has 3 aromatic carbocycles. The normalized spacial score (nSPS) is 12.8. The van der Waals surface area contributed by atoms with Gasteiger partial charge in [-0.25, -0.2) is 9.97 Å². The van der Waals surface area contributed by atoms with Crippen LogP contribution in [0.25, 0.3) is 77.8 Å². The van der Waals surface area contributed by atoms with Crippen molar-refractivity contribution in [2.75, 3.05) is 6.61 Å². The highest BCUT2D eigenvalue weighted by atomic mass is 16.3. The zero-order chi connectivity index (χ0) is 40.4. The van der Waals surface area contributed by atoms with Crippen LogP contribution in [0.5, 0.6) is 0 Å². The number of fused-ring (bicyclic) bond motifs is 4. The van der Waals surface area contributed by atoms with E-state index in [0.717, 1.165) is 61.1 Å². The van der Waals surface area contributed by atoms with Crippen LogP contribution in [0.4, 0.5) is 0 Å². The number of H-pyrrole nitrogens is 4. The lowest BCUT2D eigenvalue weighted by molar-refractivity contribution is 0.0911. The quantitative estimate of drug-likeness (QED) is 0.0847. The lowest BCUT2D eigenvalue weighted by atomic mass is 9.95. The van der Waals surface area contributed by atoms with E-state index in [0.29, 0.717) is 39.3 Å². The van der Waals surface area contributed by atoms with Crippen LogP contribution in [0.2, 0.25) is 0 Å². The predicted molar refractivity (Wildman–Crippen MR) is 224 cm³/mol. The molecule has 10 rings (SSSR count). The molecule has 0 bridgehead atoms. The zero-order valence-corrected chi connectivity index (χ0v) is 32.1. The Balaban J connectivity index is 0.932. The average Bonchev–Trinajstić information content (AvgIpc) is 4.06. The van der Waals surface area contributed by atoms with Crippen molar-refractivity contribution in [1.82, 2.24) is 55.3 Å². The first-order valence-corrected chi connectivity index (χ1v) is 19.1. The fourth-order valence-electron chi connectivity index (χ4n) is 7.71. The molecule has 7 heterocycles. The zero-order valence-electron chi connectivity index (χ0n) is 32.1. The molecule has 288 valence electrons. The fraction of sp³-hybridized carbons (Fsp3) is 0.133. The van der Waals surface area contributed by atoms with Crippen molar-refractivity contribution in [1.29, 1.82) is 0 Å². The fourth-order valence-corrected chi connectivity index (χ4v) is 7.71. The SMILES string of the molecule is Cc1cc(-c2n[nH]c3cc4[nH]c(C(=O)[C@H](C)c5cccc(-c6cc(-c7n[nH]c8cc9[nH]c(C(=O)[C@H](CO)c%10ccccc%10)nc9cc78)cc(C)n6)n5)nc4cc23)ccn1. The molecule has 5 N–H and O–H groups in total. The number of nitrogens with one attached hydrogen (secondary N) is 4. The number of ketones is 2. The summed E-state index contributed by atoms with van der Waals surface area (Å²) in [6.45, 7) is 5.34. The predicted octanol–water partition coefficient (Wildman–Crippen LogP) is 7.94. The van der Waals surface area contributed by atoms with E-state index in [-0.39, 0.29) is 29.8 Å². The summed E-state index contributed by atoms with van der Waals surface area (Å²) in [7, 11) is 0. The number of pyridine rings is 3. The minimum atomic E-state index is -0.734. The number of aryl methyl sites for hydroxylation is 2. The van der Waals surface area contributed by atoms with Gasteiger partial charge < -0.3 is 15.1 Å². The maximum Gasteiger partial charge on any atom is 0.207 e. The Morgan fingerprint density at radius 1 is 0.627 bits per heavy atom. The highest BCUT2D eigenvalue weighted by Gasteiger charge is 2.26. The third-order valence-corrected chi connectivity index (χ3v) is 10.8. The molecule has 0 amide bonds. The van der Waals surface area contributed by atoms with Gasteiger partial charge in [0.2, 0.25) is 11.6 Å². The highest BCUT2D eigenvalue weighted by molar-refractivity contribution is 6.06. The van der Waals surface area contributed by atoms with Gasteiger partial charge in [0.15, 0.2) is 11.6 Å². The Labute approximate surface area is 335 Å². The van der Waals surface area contributed by atoms with Crippen LogP contribution in [0, 0.1) is 13.8 Å². The topological polar surface area (TPSA) is 208 Å². The molecule has 0 aliphatic carbocycles. The summed E-state index contributed by atoms with van der Waals surface area (Å²) in [5, 5.41) is 27.2. The van der Waals surface area contributed by atoms with E-state index in [1.165, 1.54) is 0 Å². The van der Waals surface area contributed by atoms with Crippen molar-refractivity contribution in [2.24, 2.45) is 0 Å². The highest BCUT2D eigenvalue weighted by Crippen LogP contribution is 2.34. The number of hydrogen-bond donors (Lipinski definition) is 5. The van der Waals surface area contributed by atoms with E-state index in [1.54, 1.807) is 6.20 Å². The smallest absolute Gasteiger partial charge is 0.207 e. The number of rotatable bonds is 10. The standard InChI is InChI=1S/C45H35N11O3/c1-22-14-26(12-13-46-22)40-28-17-36-38(19-33(28)53-55-40)51-44(49-36)42(58)24(3)31-10-7-11-32(48-31)35-16-27(15-23(2)47-35)41-29-18-37-39(20-34(29)54-56-41)52-45(50-37)43(59)30(21-57)25-8-5-4-6-9-25/h4-20,24,30,57H,21H2,1-3H3,(H,49,51)(H,50,52)(H,53,55)(H,54,56)/t24-,30-/m1/s1. The second-order valence-electron chi connectivity index (χ2n) is 14.8. The first-order valence-electron chi connectivity index (χ1n) is 19.1. The number of Topliss-reactive ketones (excluding diaryl/α,β-unsaturated/α-hetero) is 2. The summed E-state index contributed by atoms with van der Waals surface area (Å²) in [4.78, 5) is 57.1. The molecular weight excluding hydrogens is 743 g/mol. The molecule has 0 unspecified atom stereocenters. The second-order valence-corrected chi connectivity index (χ2v) is 14.8. The number of aromatic nitrogens is 11. The van der Waals surface area contributed by atoms with Gasteiger partial charge in [-0.3, -0.25) is 34.7 Å². The van der Waals surface area contributed by atoms with Gasteiger partial charge in [0.1, 0.15) is 11.4 Å². The van der Waals surface area contributed by atoms with Crippen LogP contribution >= 0.6 is 0 Å². The van der Waals surface area contributed by atoms with Gasteiger partial charge in [-0.15, -0.1) is 0 Å². The molecule has 0 saturated heterocycles. The minimum Gasteiger partial charge on any atom is -0.395 e. The maximum atomic E-state index is 13.9. The largest absolute Gasteiger partial charge is 0.395 e. The van der Waals surface area contributed by atoms with Crippen LogP contribution < -0.4 is 0 Å². The van der Waals surface area contributed by atoms with E-state index >= 15 is 0 Å². The van der Waals surface area contributed by atoms with Crippen LogP contribution in [0.3, 0.4) is 0 Å². The van der Waals surface area contributed by atoms with Crippen molar-refractivity contribution in [3.05, 3.63) is 138 Å². The van der Waals surface area contributed by atoms with Gasteiger partial charge in [-0.1, -0.05) is 36.4 Å². The van der Waals surface area contributed by atoms with Gasteiger partial charge in [-0.05, 0) is 87.0 Å². The summed E-state index contributed by atoms with van der Waals surface area (Å²) in [6, 6.07) is 30.2. The third-order valence-electron chi connectivity index (χ3n) is 10.8. The Morgan fingerprint density at radius 2 is 1.27 bits per heavy atom. The van der Waals surface area contributed by atoms with Crippen molar-refractivity contribution in [3.63, 3.8) is 0 Å². The molecule has 59 heavy (non-hydrogen) atoms. The Bertz CT molecular complexity index is 3270. The lowest BCUT2D eigenvalue weighted by Crippen LogP contribution is -2.18. The molecular formula is C45H35N11O3. The summed E-state index contributed by atoms with van der Waals surface area (Å²) in [5.41, 5.74) is 11.6. The van der Waals surface area contributed by atoms with Crippen LogP contribution in [0.1, 0.15) is 62.6 Å². The number of benzene rings is 3. The van der Waals surface area contributed by atoms with E-state index in [2.05, 4.69) is 40.3 Å². The molecule has 0 fully saturated rings. The molecule has 2 atom stereocenters. The first kappa shape index (κ1) is 35.7.